The molecule has 0 radical (unpaired) electrons. The molecule has 3 rings (SSSR count). The molecular weight excluding hydrogens is 539 g/mol. The molecule has 16 nitrogen and oxygen atoms in total. The number of nitrogens with one attached hydrogen (secondary N) is 2. The maximum atomic E-state index is 13.8. The lowest BCUT2D eigenvalue weighted by Crippen LogP contribution is -2.45. The Kier molecular flexibility index (Phi) is 9.69. The molecule has 0 saturated carbocycles. The van der Waals surface area contributed by atoms with E-state index in [2.05, 4.69) is 15.1 Å². The number of carbonyl (C=O) groups is 1. The van der Waals surface area contributed by atoms with Crippen LogP contribution in [0, 0.1) is 0 Å². The van der Waals surface area contributed by atoms with Crippen molar-refractivity contribution < 1.29 is 38.1 Å². The van der Waals surface area contributed by atoms with E-state index < -0.39 is 61.8 Å². The van der Waals surface area contributed by atoms with Crippen molar-refractivity contribution in [1.82, 2.24) is 14.6 Å². The van der Waals surface area contributed by atoms with Crippen molar-refractivity contribution in [3.63, 3.8) is 0 Å². The largest absolute Gasteiger partial charge is 0.463 e. The molecule has 212 valence electrons. The number of para-hydroxylation sites is 1. The molecule has 2 unspecified atom stereocenters. The molecule has 1 aliphatic heterocycles. The van der Waals surface area contributed by atoms with Crippen LogP contribution in [-0.4, -0.2) is 62.4 Å². The average Bonchev–Trinajstić information content (AvgIpc) is 3.08. The van der Waals surface area contributed by atoms with E-state index in [1.807, 2.05) is 4.98 Å². The van der Waals surface area contributed by atoms with Crippen LogP contribution in [0.15, 0.2) is 57.3 Å². The Morgan fingerprint density at radius 2 is 1.97 bits per heavy atom. The smallest absolute Gasteiger partial charge is 0.459 e. The number of H-pyrrole nitrogens is 1. The molecule has 17 heteroatoms. The number of azide groups is 1. The summed E-state index contributed by atoms with van der Waals surface area (Å²) in [5.41, 5.74) is 5.10. The van der Waals surface area contributed by atoms with Gasteiger partial charge in [0.1, 0.15) is 18.0 Å². The standard InChI is InChI=1S/C22H29N6O10P/c1-13(2)36-17(30)11-14(3)25-39(34,38-15-7-5-4-6-8-15)35-12-22(26-27-23)19(32)18(31)20(37-22)28-10-9-16(29)24-21(28)33/h4-10,13-14,18-20,31-32H,11-12H2,1-3H3,(H,25,34)(H,24,29,33)/t14?,18-,19-,20+,22+,39?/m0/s1. The number of aromatic amines is 1. The lowest BCUT2D eigenvalue weighted by atomic mass is 10.1. The summed E-state index contributed by atoms with van der Waals surface area (Å²) in [7, 11) is -4.39. The summed E-state index contributed by atoms with van der Waals surface area (Å²) in [6, 6.07) is 8.06. The van der Waals surface area contributed by atoms with E-state index in [0.29, 0.717) is 0 Å². The molecule has 1 fully saturated rings. The monoisotopic (exact) mass is 568 g/mol. The maximum absolute atomic E-state index is 13.8. The van der Waals surface area contributed by atoms with Gasteiger partial charge in [-0.2, -0.15) is 0 Å². The molecule has 4 N–H and O–H groups in total. The van der Waals surface area contributed by atoms with Crippen molar-refractivity contribution in [2.45, 2.75) is 63.5 Å². The van der Waals surface area contributed by atoms with E-state index in [1.54, 1.807) is 32.0 Å². The maximum Gasteiger partial charge on any atom is 0.459 e. The Morgan fingerprint density at radius 3 is 2.59 bits per heavy atom. The van der Waals surface area contributed by atoms with E-state index >= 15 is 0 Å². The number of rotatable bonds is 12. The van der Waals surface area contributed by atoms with Gasteiger partial charge in [-0.05, 0) is 38.4 Å². The van der Waals surface area contributed by atoms with Crippen molar-refractivity contribution >= 4 is 13.7 Å². The molecule has 0 amide bonds. The molecule has 0 aliphatic carbocycles. The third kappa shape index (κ3) is 7.55. The highest BCUT2D eigenvalue weighted by molar-refractivity contribution is 7.52. The van der Waals surface area contributed by atoms with E-state index in [-0.39, 0.29) is 18.3 Å². The highest BCUT2D eigenvalue weighted by Gasteiger charge is 2.56. The van der Waals surface area contributed by atoms with Crippen LogP contribution in [0.5, 0.6) is 5.75 Å². The Hall–Kier alpha value is -3.49. The topological polar surface area (TPSA) is 227 Å². The van der Waals surface area contributed by atoms with Gasteiger partial charge in [0.15, 0.2) is 6.23 Å². The minimum Gasteiger partial charge on any atom is -0.463 e. The highest BCUT2D eigenvalue weighted by Crippen LogP contribution is 2.48. The van der Waals surface area contributed by atoms with Crippen molar-refractivity contribution in [3.05, 3.63) is 73.9 Å². The number of hydrogen-bond donors (Lipinski definition) is 4. The number of benzene rings is 1. The molecule has 1 aromatic carbocycles. The SMILES string of the molecule is CC(CC(=O)OC(C)C)NP(=O)(OC[C@@]1(N=[N+]=[N-])O[C@@H](n2ccc(=O)[nH]c2=O)[C@@H](O)[C@@H]1O)Oc1ccccc1. The molecule has 2 aromatic rings. The molecule has 1 saturated heterocycles. The summed E-state index contributed by atoms with van der Waals surface area (Å²) in [6.07, 6.45) is -4.99. The fraction of sp³-hybridized carbons (Fsp3) is 0.500. The molecule has 6 atom stereocenters. The second-order valence-electron chi connectivity index (χ2n) is 8.94. The van der Waals surface area contributed by atoms with Gasteiger partial charge < -0.3 is 24.2 Å². The van der Waals surface area contributed by atoms with Crippen molar-refractivity contribution in [2.24, 2.45) is 5.11 Å². The lowest BCUT2D eigenvalue weighted by Gasteiger charge is -2.29. The number of aromatic nitrogens is 2. The zero-order valence-corrected chi connectivity index (χ0v) is 22.1. The van der Waals surface area contributed by atoms with Gasteiger partial charge in [-0.15, -0.1) is 0 Å². The first-order chi connectivity index (χ1) is 18.4. The van der Waals surface area contributed by atoms with Gasteiger partial charge in [0.05, 0.1) is 19.1 Å². The Morgan fingerprint density at radius 1 is 1.28 bits per heavy atom. The van der Waals surface area contributed by atoms with Crippen LogP contribution in [0.4, 0.5) is 0 Å². The van der Waals surface area contributed by atoms with Crippen LogP contribution in [-0.2, 0) is 23.4 Å². The summed E-state index contributed by atoms with van der Waals surface area (Å²) in [6.45, 7) is 3.95. The number of ether oxygens (including phenoxy) is 2. The second-order valence-corrected chi connectivity index (χ2v) is 10.6. The zero-order valence-electron chi connectivity index (χ0n) is 21.2. The molecule has 2 heterocycles. The van der Waals surface area contributed by atoms with Crippen LogP contribution in [0.1, 0.15) is 33.4 Å². The van der Waals surface area contributed by atoms with Gasteiger partial charge in [0.2, 0.25) is 5.72 Å². The van der Waals surface area contributed by atoms with Crippen LogP contribution in [0.3, 0.4) is 0 Å². The first-order valence-corrected chi connectivity index (χ1v) is 13.3. The van der Waals surface area contributed by atoms with Crippen LogP contribution >= 0.6 is 7.75 Å². The third-order valence-corrected chi connectivity index (χ3v) is 7.05. The van der Waals surface area contributed by atoms with E-state index in [9.17, 15) is 34.7 Å². The minimum absolute atomic E-state index is 0.119. The fourth-order valence-electron chi connectivity index (χ4n) is 3.69. The first kappa shape index (κ1) is 30.1. The quantitative estimate of drug-likeness (QED) is 0.0938. The number of hydrogen-bond acceptors (Lipinski definition) is 11. The van der Waals surface area contributed by atoms with Gasteiger partial charge in [-0.1, -0.05) is 23.3 Å². The second kappa shape index (κ2) is 12.6. The first-order valence-electron chi connectivity index (χ1n) is 11.8. The predicted molar refractivity (Wildman–Crippen MR) is 134 cm³/mol. The summed E-state index contributed by atoms with van der Waals surface area (Å²) in [5.74, 6) is -0.456. The van der Waals surface area contributed by atoms with Gasteiger partial charge in [-0.3, -0.25) is 23.7 Å². The zero-order chi connectivity index (χ0) is 28.8. The molecule has 1 aliphatic rings. The van der Waals surface area contributed by atoms with Gasteiger partial charge in [0.25, 0.3) is 5.56 Å². The van der Waals surface area contributed by atoms with Crippen molar-refractivity contribution in [1.29, 1.82) is 0 Å². The average molecular weight is 568 g/mol. The minimum atomic E-state index is -4.39. The summed E-state index contributed by atoms with van der Waals surface area (Å²) in [5, 5.41) is 27.4. The Balaban J connectivity index is 1.87. The van der Waals surface area contributed by atoms with Crippen molar-refractivity contribution in [2.75, 3.05) is 6.61 Å². The number of carbonyl (C=O) groups excluding carboxylic acids is 1. The van der Waals surface area contributed by atoms with Gasteiger partial charge in [-0.25, -0.2) is 14.4 Å². The number of esters is 1. The van der Waals surface area contributed by atoms with E-state index in [0.717, 1.165) is 16.8 Å². The van der Waals surface area contributed by atoms with Crippen LogP contribution in [0.25, 0.3) is 10.4 Å². The summed E-state index contributed by atoms with van der Waals surface area (Å²) in [4.78, 5) is 40.4. The number of aliphatic hydroxyl groups excluding tert-OH is 2. The fourth-order valence-corrected chi connectivity index (χ4v) is 5.26. The van der Waals surface area contributed by atoms with Crippen molar-refractivity contribution in [3.8, 4) is 5.75 Å². The predicted octanol–water partition coefficient (Wildman–Crippen LogP) is 1.32. The Labute approximate surface area is 221 Å². The van der Waals surface area contributed by atoms with Crippen LogP contribution < -0.4 is 20.9 Å². The third-order valence-electron chi connectivity index (χ3n) is 5.37. The molecule has 0 spiro atoms. The molecule has 0 bridgehead atoms. The normalized spacial score (nSPS) is 24.9. The Bertz CT molecular complexity index is 1360. The van der Waals surface area contributed by atoms with E-state index in [1.165, 1.54) is 19.1 Å². The summed E-state index contributed by atoms with van der Waals surface area (Å²) >= 11 is 0. The lowest BCUT2D eigenvalue weighted by molar-refractivity contribution is -0.147. The summed E-state index contributed by atoms with van der Waals surface area (Å²) < 4.78 is 36.4. The van der Waals surface area contributed by atoms with Gasteiger partial charge in [0, 0.05) is 23.2 Å². The highest BCUT2D eigenvalue weighted by atomic mass is 31.2. The van der Waals surface area contributed by atoms with Gasteiger partial charge >= 0.3 is 19.4 Å². The van der Waals surface area contributed by atoms with Crippen LogP contribution in [0.2, 0.25) is 0 Å². The number of aliphatic hydroxyl groups is 2. The molecule has 39 heavy (non-hydrogen) atoms. The van der Waals surface area contributed by atoms with E-state index in [4.69, 9.17) is 18.5 Å². The molecule has 1 aromatic heterocycles. The number of nitrogens with zero attached hydrogens (tertiary/aromatic N) is 4. The molecular formula is C22H29N6O10P.